The average Bonchev–Trinajstić information content (AvgIpc) is 3.09. The largest absolute Gasteiger partial charge is 0.484 e. The number of hydrogen-bond donors (Lipinski definition) is 1. The molecule has 7 heteroatoms. The molecule has 1 N–H and O–H groups in total. The van der Waals surface area contributed by atoms with Crippen LogP contribution in [0.5, 0.6) is 5.75 Å². The highest BCUT2D eigenvalue weighted by molar-refractivity contribution is 7.15. The molecule has 1 aromatic heterocycles. The summed E-state index contributed by atoms with van der Waals surface area (Å²) in [5, 5.41) is 3.94. The van der Waals surface area contributed by atoms with Crippen molar-refractivity contribution in [2.24, 2.45) is 0 Å². The number of benzene rings is 2. The summed E-state index contributed by atoms with van der Waals surface area (Å²) in [5.41, 5.74) is 1.61. The molecule has 0 aliphatic rings. The second-order valence-corrected chi connectivity index (χ2v) is 7.34. The Bertz CT molecular complexity index is 954. The van der Waals surface area contributed by atoms with E-state index < -0.39 is 0 Å². The van der Waals surface area contributed by atoms with Crippen LogP contribution in [0, 0.1) is 0 Å². The number of rotatable bonds is 7. The van der Waals surface area contributed by atoms with Gasteiger partial charge < -0.3 is 4.74 Å². The summed E-state index contributed by atoms with van der Waals surface area (Å²) in [6.07, 6.45) is 2.39. The zero-order valence-corrected chi connectivity index (χ0v) is 16.1. The molecule has 2 aromatic carbocycles. The number of amides is 1. The number of nitrogens with zero attached hydrogens (tertiary/aromatic N) is 1. The Labute approximate surface area is 166 Å². The van der Waals surface area contributed by atoms with Crippen LogP contribution in [-0.4, -0.2) is 23.3 Å². The molecule has 0 spiro atoms. The maximum absolute atomic E-state index is 12.0. The van der Waals surface area contributed by atoms with E-state index in [-0.39, 0.29) is 18.3 Å². The number of carbonyl (C=O) groups excluding carboxylic acids is 2. The number of ether oxygens (including phenoxy) is 1. The number of Topliss-reactive ketones (excluding diaryl/α,β-unsaturated/α-hetero) is 1. The van der Waals surface area contributed by atoms with E-state index in [0.717, 1.165) is 10.4 Å². The Morgan fingerprint density at radius 3 is 2.59 bits per heavy atom. The lowest BCUT2D eigenvalue weighted by Crippen LogP contribution is -2.20. The van der Waals surface area contributed by atoms with E-state index in [4.69, 9.17) is 16.3 Å². The molecule has 0 saturated carbocycles. The normalized spacial score (nSPS) is 10.4. The van der Waals surface area contributed by atoms with Crippen LogP contribution in [0.25, 0.3) is 0 Å². The number of thiazole rings is 1. The number of halogens is 1. The molecule has 0 fully saturated rings. The second kappa shape index (κ2) is 8.79. The molecule has 0 aliphatic carbocycles. The maximum atomic E-state index is 12.0. The van der Waals surface area contributed by atoms with E-state index in [2.05, 4.69) is 10.3 Å². The fraction of sp³-hybridized carbons (Fsp3) is 0.150. The topological polar surface area (TPSA) is 68.3 Å². The predicted octanol–water partition coefficient (Wildman–Crippen LogP) is 4.61. The number of aromatic nitrogens is 1. The van der Waals surface area contributed by atoms with Crippen LogP contribution < -0.4 is 10.1 Å². The number of nitrogens with one attached hydrogen (secondary N) is 1. The van der Waals surface area contributed by atoms with Gasteiger partial charge in [-0.1, -0.05) is 29.8 Å². The van der Waals surface area contributed by atoms with E-state index in [0.29, 0.717) is 27.9 Å². The predicted molar refractivity (Wildman–Crippen MR) is 107 cm³/mol. The lowest BCUT2D eigenvalue weighted by molar-refractivity contribution is -0.118. The number of ketones is 1. The quantitative estimate of drug-likeness (QED) is 0.588. The van der Waals surface area contributed by atoms with Gasteiger partial charge in [-0.3, -0.25) is 14.9 Å². The molecule has 0 bridgehead atoms. The molecule has 0 atom stereocenters. The minimum atomic E-state index is -0.302. The third-order valence-electron chi connectivity index (χ3n) is 3.75. The first kappa shape index (κ1) is 19.1. The molecule has 5 nitrogen and oxygen atoms in total. The molecule has 3 rings (SSSR count). The highest BCUT2D eigenvalue weighted by Gasteiger charge is 2.09. The van der Waals surface area contributed by atoms with Crippen LogP contribution in [0.2, 0.25) is 5.02 Å². The SMILES string of the molecule is CC(=O)c1ccc(OCC(=O)Nc2ncc(Cc3ccccc3Cl)s2)cc1. The highest BCUT2D eigenvalue weighted by Crippen LogP contribution is 2.24. The van der Waals surface area contributed by atoms with Gasteiger partial charge in [0.2, 0.25) is 0 Å². The van der Waals surface area contributed by atoms with Gasteiger partial charge in [0, 0.05) is 28.1 Å². The van der Waals surface area contributed by atoms with Gasteiger partial charge in [0.15, 0.2) is 17.5 Å². The van der Waals surface area contributed by atoms with Crippen molar-refractivity contribution >= 4 is 39.8 Å². The molecule has 0 radical (unpaired) electrons. The highest BCUT2D eigenvalue weighted by atomic mass is 35.5. The van der Waals surface area contributed by atoms with Crippen molar-refractivity contribution in [3.05, 3.63) is 75.8 Å². The van der Waals surface area contributed by atoms with Crippen molar-refractivity contribution in [3.63, 3.8) is 0 Å². The van der Waals surface area contributed by atoms with Crippen molar-refractivity contribution in [2.75, 3.05) is 11.9 Å². The molecule has 27 heavy (non-hydrogen) atoms. The summed E-state index contributed by atoms with van der Waals surface area (Å²) in [6.45, 7) is 1.36. The summed E-state index contributed by atoms with van der Waals surface area (Å²) in [7, 11) is 0. The van der Waals surface area contributed by atoms with Gasteiger partial charge in [0.25, 0.3) is 5.91 Å². The summed E-state index contributed by atoms with van der Waals surface area (Å²) in [4.78, 5) is 28.5. The Morgan fingerprint density at radius 1 is 1.15 bits per heavy atom. The molecule has 0 aliphatic heterocycles. The molecule has 0 saturated heterocycles. The lowest BCUT2D eigenvalue weighted by Gasteiger charge is -2.06. The molecular formula is C20H17ClN2O3S. The fourth-order valence-electron chi connectivity index (χ4n) is 2.37. The van der Waals surface area contributed by atoms with Gasteiger partial charge in [-0.25, -0.2) is 4.98 Å². The molecule has 0 unspecified atom stereocenters. The van der Waals surface area contributed by atoms with Gasteiger partial charge in [-0.2, -0.15) is 0 Å². The number of hydrogen-bond acceptors (Lipinski definition) is 5. The number of carbonyl (C=O) groups is 2. The zero-order valence-electron chi connectivity index (χ0n) is 14.6. The fourth-order valence-corrected chi connectivity index (χ4v) is 3.42. The first-order valence-electron chi connectivity index (χ1n) is 8.23. The van der Waals surface area contributed by atoms with Crippen LogP contribution in [0.4, 0.5) is 5.13 Å². The van der Waals surface area contributed by atoms with Gasteiger partial charge in [-0.15, -0.1) is 11.3 Å². The summed E-state index contributed by atoms with van der Waals surface area (Å²) < 4.78 is 5.43. The van der Waals surface area contributed by atoms with Crippen molar-refractivity contribution in [1.82, 2.24) is 4.98 Å². The van der Waals surface area contributed by atoms with E-state index in [1.54, 1.807) is 30.5 Å². The van der Waals surface area contributed by atoms with Crippen molar-refractivity contribution < 1.29 is 14.3 Å². The summed E-state index contributed by atoms with van der Waals surface area (Å²) in [6, 6.07) is 14.3. The Kier molecular flexibility index (Phi) is 6.21. The molecule has 138 valence electrons. The summed E-state index contributed by atoms with van der Waals surface area (Å²) >= 11 is 7.57. The van der Waals surface area contributed by atoms with E-state index >= 15 is 0 Å². The van der Waals surface area contributed by atoms with Crippen molar-refractivity contribution in [1.29, 1.82) is 0 Å². The lowest BCUT2D eigenvalue weighted by atomic mass is 10.1. The Balaban J connectivity index is 1.52. The molecule has 1 heterocycles. The van der Waals surface area contributed by atoms with Gasteiger partial charge in [-0.05, 0) is 42.8 Å². The summed E-state index contributed by atoms with van der Waals surface area (Å²) in [5.74, 6) is 0.202. The van der Waals surface area contributed by atoms with Crippen LogP contribution in [0.1, 0.15) is 27.7 Å². The minimum absolute atomic E-state index is 0.0179. The molecular weight excluding hydrogens is 384 g/mol. The van der Waals surface area contributed by atoms with E-state index in [1.165, 1.54) is 18.3 Å². The second-order valence-electron chi connectivity index (χ2n) is 5.82. The van der Waals surface area contributed by atoms with Gasteiger partial charge in [0.1, 0.15) is 5.75 Å². The standard InChI is InChI=1S/C20H17ClN2O3S/c1-13(24)14-6-8-16(9-7-14)26-12-19(25)23-20-22-11-17(27-20)10-15-4-2-3-5-18(15)21/h2-9,11H,10,12H2,1H3,(H,22,23,25). The van der Waals surface area contributed by atoms with Crippen LogP contribution in [0.3, 0.4) is 0 Å². The molecule has 1 amide bonds. The Hall–Kier alpha value is -2.70. The molecule has 3 aromatic rings. The average molecular weight is 401 g/mol. The number of anilines is 1. The van der Waals surface area contributed by atoms with E-state index in [1.807, 2.05) is 24.3 Å². The maximum Gasteiger partial charge on any atom is 0.264 e. The third kappa shape index (κ3) is 5.39. The third-order valence-corrected chi connectivity index (χ3v) is 5.03. The van der Waals surface area contributed by atoms with Crippen molar-refractivity contribution in [2.45, 2.75) is 13.3 Å². The smallest absolute Gasteiger partial charge is 0.264 e. The minimum Gasteiger partial charge on any atom is -0.484 e. The van der Waals surface area contributed by atoms with Crippen molar-refractivity contribution in [3.8, 4) is 5.75 Å². The Morgan fingerprint density at radius 2 is 1.89 bits per heavy atom. The van der Waals surface area contributed by atoms with Crippen LogP contribution in [-0.2, 0) is 11.2 Å². The first-order chi connectivity index (χ1) is 13.0. The van der Waals surface area contributed by atoms with Gasteiger partial charge in [0.05, 0.1) is 0 Å². The monoisotopic (exact) mass is 400 g/mol. The van der Waals surface area contributed by atoms with Gasteiger partial charge >= 0.3 is 0 Å². The first-order valence-corrected chi connectivity index (χ1v) is 9.42. The van der Waals surface area contributed by atoms with Crippen LogP contribution >= 0.6 is 22.9 Å². The van der Waals surface area contributed by atoms with Crippen LogP contribution in [0.15, 0.2) is 54.7 Å². The zero-order chi connectivity index (χ0) is 19.2. The van der Waals surface area contributed by atoms with E-state index in [9.17, 15) is 9.59 Å².